The van der Waals surface area contributed by atoms with Crippen LogP contribution in [0.1, 0.15) is 58.1 Å². The van der Waals surface area contributed by atoms with E-state index in [1.165, 1.54) is 31.2 Å². The molecular weight excluding hydrogens is 202 g/mol. The standard InChI is InChI=1S/C13H23NS/c1-4-6-13(7-5-2)14-11(3)12-8-9-15-10-12/h8-11,13-14H,4-7H2,1-3H3. The fraction of sp³-hybridized carbons (Fsp3) is 0.692. The van der Waals surface area contributed by atoms with Crippen LogP contribution < -0.4 is 5.32 Å². The Hall–Kier alpha value is -0.340. The van der Waals surface area contributed by atoms with E-state index in [2.05, 4.69) is 42.9 Å². The predicted molar refractivity (Wildman–Crippen MR) is 69.5 cm³/mol. The number of rotatable bonds is 7. The van der Waals surface area contributed by atoms with E-state index in [0.29, 0.717) is 12.1 Å². The minimum Gasteiger partial charge on any atom is -0.307 e. The zero-order valence-electron chi connectivity index (χ0n) is 10.1. The van der Waals surface area contributed by atoms with Crippen molar-refractivity contribution in [3.05, 3.63) is 22.4 Å². The molecule has 2 heteroatoms. The Balaban J connectivity index is 2.43. The lowest BCUT2D eigenvalue weighted by molar-refractivity contribution is 0.403. The first kappa shape index (κ1) is 12.7. The van der Waals surface area contributed by atoms with Gasteiger partial charge in [-0.2, -0.15) is 11.3 Å². The maximum absolute atomic E-state index is 3.73. The molecule has 0 fully saturated rings. The van der Waals surface area contributed by atoms with E-state index in [4.69, 9.17) is 0 Å². The second kappa shape index (κ2) is 7.02. The predicted octanol–water partition coefficient (Wildman–Crippen LogP) is 4.37. The molecule has 1 unspecified atom stereocenters. The van der Waals surface area contributed by atoms with Crippen molar-refractivity contribution in [2.24, 2.45) is 0 Å². The molecule has 0 amide bonds. The molecule has 0 aliphatic heterocycles. The van der Waals surface area contributed by atoms with Crippen LogP contribution in [-0.2, 0) is 0 Å². The molecule has 1 rings (SSSR count). The van der Waals surface area contributed by atoms with Gasteiger partial charge in [0.25, 0.3) is 0 Å². The number of nitrogens with one attached hydrogen (secondary N) is 1. The molecule has 1 N–H and O–H groups in total. The van der Waals surface area contributed by atoms with Crippen LogP contribution >= 0.6 is 11.3 Å². The Bertz CT molecular complexity index is 237. The van der Waals surface area contributed by atoms with Crippen molar-refractivity contribution in [1.29, 1.82) is 0 Å². The summed E-state index contributed by atoms with van der Waals surface area (Å²) in [6.07, 6.45) is 5.13. The van der Waals surface area contributed by atoms with Gasteiger partial charge in [-0.05, 0) is 42.2 Å². The molecule has 0 radical (unpaired) electrons. The zero-order chi connectivity index (χ0) is 11.1. The van der Waals surface area contributed by atoms with E-state index < -0.39 is 0 Å². The smallest absolute Gasteiger partial charge is 0.0302 e. The molecule has 15 heavy (non-hydrogen) atoms. The maximum Gasteiger partial charge on any atom is 0.0302 e. The van der Waals surface area contributed by atoms with Gasteiger partial charge in [-0.3, -0.25) is 0 Å². The Morgan fingerprint density at radius 3 is 2.40 bits per heavy atom. The van der Waals surface area contributed by atoms with Gasteiger partial charge in [-0.25, -0.2) is 0 Å². The number of thiophene rings is 1. The fourth-order valence-electron chi connectivity index (χ4n) is 1.98. The molecule has 1 atom stereocenters. The maximum atomic E-state index is 3.73. The van der Waals surface area contributed by atoms with Crippen LogP contribution in [0.5, 0.6) is 0 Å². The Morgan fingerprint density at radius 2 is 1.93 bits per heavy atom. The zero-order valence-corrected chi connectivity index (χ0v) is 10.9. The summed E-state index contributed by atoms with van der Waals surface area (Å²) in [6.45, 7) is 6.79. The van der Waals surface area contributed by atoms with Crippen molar-refractivity contribution in [1.82, 2.24) is 5.32 Å². The van der Waals surface area contributed by atoms with E-state index in [1.54, 1.807) is 11.3 Å². The second-order valence-corrected chi connectivity index (χ2v) is 5.00. The van der Waals surface area contributed by atoms with Crippen LogP contribution in [0.25, 0.3) is 0 Å². The van der Waals surface area contributed by atoms with Crippen molar-refractivity contribution in [2.75, 3.05) is 0 Å². The molecule has 0 aliphatic rings. The summed E-state index contributed by atoms with van der Waals surface area (Å²) in [5, 5.41) is 8.13. The third-order valence-electron chi connectivity index (χ3n) is 2.80. The molecular formula is C13H23NS. The molecule has 0 saturated heterocycles. The molecule has 0 aliphatic carbocycles. The average molecular weight is 225 g/mol. The number of hydrogen-bond acceptors (Lipinski definition) is 2. The Labute approximate surface area is 97.9 Å². The van der Waals surface area contributed by atoms with Crippen molar-refractivity contribution < 1.29 is 0 Å². The lowest BCUT2D eigenvalue weighted by Gasteiger charge is -2.22. The Morgan fingerprint density at radius 1 is 1.27 bits per heavy atom. The lowest BCUT2D eigenvalue weighted by Crippen LogP contribution is -2.31. The van der Waals surface area contributed by atoms with Gasteiger partial charge < -0.3 is 5.32 Å². The summed E-state index contributed by atoms with van der Waals surface area (Å²) in [4.78, 5) is 0. The molecule has 1 nitrogen and oxygen atoms in total. The van der Waals surface area contributed by atoms with Gasteiger partial charge in [0.2, 0.25) is 0 Å². The van der Waals surface area contributed by atoms with Gasteiger partial charge in [0.15, 0.2) is 0 Å². The van der Waals surface area contributed by atoms with E-state index in [1.807, 2.05) is 0 Å². The third-order valence-corrected chi connectivity index (χ3v) is 3.50. The largest absolute Gasteiger partial charge is 0.307 e. The summed E-state index contributed by atoms with van der Waals surface area (Å²) < 4.78 is 0. The topological polar surface area (TPSA) is 12.0 Å². The highest BCUT2D eigenvalue weighted by Gasteiger charge is 2.11. The minimum atomic E-state index is 0.499. The molecule has 0 bridgehead atoms. The van der Waals surface area contributed by atoms with Gasteiger partial charge in [0.1, 0.15) is 0 Å². The van der Waals surface area contributed by atoms with Gasteiger partial charge in [-0.1, -0.05) is 26.7 Å². The summed E-state index contributed by atoms with van der Waals surface area (Å²) in [7, 11) is 0. The first-order chi connectivity index (χ1) is 7.27. The van der Waals surface area contributed by atoms with E-state index >= 15 is 0 Å². The molecule has 0 aromatic carbocycles. The molecule has 0 spiro atoms. The summed E-state index contributed by atoms with van der Waals surface area (Å²) in [5.74, 6) is 0. The van der Waals surface area contributed by atoms with E-state index in [-0.39, 0.29) is 0 Å². The first-order valence-electron chi connectivity index (χ1n) is 6.06. The molecule has 86 valence electrons. The third kappa shape index (κ3) is 4.35. The van der Waals surface area contributed by atoms with Crippen molar-refractivity contribution >= 4 is 11.3 Å². The Kier molecular flexibility index (Phi) is 5.96. The highest BCUT2D eigenvalue weighted by atomic mass is 32.1. The molecule has 1 aromatic rings. The van der Waals surface area contributed by atoms with Crippen LogP contribution in [0.4, 0.5) is 0 Å². The molecule has 1 aromatic heterocycles. The van der Waals surface area contributed by atoms with Gasteiger partial charge in [-0.15, -0.1) is 0 Å². The van der Waals surface area contributed by atoms with Crippen molar-refractivity contribution in [2.45, 2.75) is 58.5 Å². The van der Waals surface area contributed by atoms with Crippen LogP contribution in [0.3, 0.4) is 0 Å². The minimum absolute atomic E-state index is 0.499. The monoisotopic (exact) mass is 225 g/mol. The van der Waals surface area contributed by atoms with Crippen LogP contribution in [0.15, 0.2) is 16.8 Å². The molecule has 0 saturated carbocycles. The summed E-state index contributed by atoms with van der Waals surface area (Å²) in [5.41, 5.74) is 1.43. The van der Waals surface area contributed by atoms with Crippen molar-refractivity contribution in [3.63, 3.8) is 0 Å². The molecule has 1 heterocycles. The van der Waals surface area contributed by atoms with Gasteiger partial charge in [0, 0.05) is 12.1 Å². The number of hydrogen-bond donors (Lipinski definition) is 1. The SMILES string of the molecule is CCCC(CCC)NC(C)c1ccsc1. The van der Waals surface area contributed by atoms with Gasteiger partial charge in [0.05, 0.1) is 0 Å². The quantitative estimate of drug-likeness (QED) is 0.726. The van der Waals surface area contributed by atoms with Crippen LogP contribution in [0, 0.1) is 0 Å². The normalized spacial score (nSPS) is 13.3. The highest BCUT2D eigenvalue weighted by molar-refractivity contribution is 7.07. The fourth-order valence-corrected chi connectivity index (χ4v) is 2.73. The van der Waals surface area contributed by atoms with E-state index in [9.17, 15) is 0 Å². The average Bonchev–Trinajstić information content (AvgIpc) is 2.71. The van der Waals surface area contributed by atoms with Crippen molar-refractivity contribution in [3.8, 4) is 0 Å². The van der Waals surface area contributed by atoms with Crippen LogP contribution in [0.2, 0.25) is 0 Å². The van der Waals surface area contributed by atoms with E-state index in [0.717, 1.165) is 0 Å². The second-order valence-electron chi connectivity index (χ2n) is 4.22. The lowest BCUT2D eigenvalue weighted by atomic mass is 10.0. The summed E-state index contributed by atoms with van der Waals surface area (Å²) in [6, 6.07) is 3.41. The summed E-state index contributed by atoms with van der Waals surface area (Å²) >= 11 is 1.78. The first-order valence-corrected chi connectivity index (χ1v) is 7.00. The van der Waals surface area contributed by atoms with Gasteiger partial charge >= 0.3 is 0 Å². The highest BCUT2D eigenvalue weighted by Crippen LogP contribution is 2.18. The van der Waals surface area contributed by atoms with Crippen LogP contribution in [-0.4, -0.2) is 6.04 Å².